The summed E-state index contributed by atoms with van der Waals surface area (Å²) >= 11 is 2.13. The number of carbonyl (C=O) groups excluding carboxylic acids is 1. The van der Waals surface area contributed by atoms with E-state index in [9.17, 15) is 4.79 Å². The van der Waals surface area contributed by atoms with Gasteiger partial charge in [0, 0.05) is 11.6 Å². The van der Waals surface area contributed by atoms with Crippen LogP contribution in [0.3, 0.4) is 0 Å². The van der Waals surface area contributed by atoms with E-state index in [1.54, 1.807) is 44.6 Å². The Labute approximate surface area is 166 Å². The van der Waals surface area contributed by atoms with Gasteiger partial charge in [-0.3, -0.25) is 4.79 Å². The molecule has 0 unspecified atom stereocenters. The number of halogens is 1. The van der Waals surface area contributed by atoms with Crippen molar-refractivity contribution >= 4 is 34.2 Å². The molecule has 0 saturated heterocycles. The molecule has 0 aliphatic carbocycles. The smallest absolute Gasteiger partial charge is 0.255 e. The third kappa shape index (κ3) is 4.72. The van der Waals surface area contributed by atoms with Crippen LogP contribution in [0.4, 0.5) is 5.69 Å². The second-order valence-electron chi connectivity index (χ2n) is 5.17. The predicted octanol–water partition coefficient (Wildman–Crippen LogP) is 4.36. The molecule has 0 fully saturated rings. The standard InChI is InChI=1S/C19H22INO5/c1-5-25-17-10-12(9-14(20)18(17)26-6-2)19(22)21-15-11-13(23-3)7-8-16(15)24-4/h7-11H,5-6H2,1-4H3,(H,21,22). The number of benzene rings is 2. The maximum atomic E-state index is 12.8. The van der Waals surface area contributed by atoms with Gasteiger partial charge in [0.2, 0.25) is 0 Å². The van der Waals surface area contributed by atoms with Crippen molar-refractivity contribution in [1.82, 2.24) is 0 Å². The van der Waals surface area contributed by atoms with Gasteiger partial charge in [-0.15, -0.1) is 0 Å². The van der Waals surface area contributed by atoms with Crippen LogP contribution in [0.2, 0.25) is 0 Å². The first-order chi connectivity index (χ1) is 12.5. The van der Waals surface area contributed by atoms with Crippen LogP contribution >= 0.6 is 22.6 Å². The quantitative estimate of drug-likeness (QED) is 0.580. The Hall–Kier alpha value is -2.16. The van der Waals surface area contributed by atoms with Crippen molar-refractivity contribution in [1.29, 1.82) is 0 Å². The Kier molecular flexibility index (Phi) is 7.38. The molecule has 0 spiro atoms. The molecule has 1 N–H and O–H groups in total. The molecular weight excluding hydrogens is 449 g/mol. The summed E-state index contributed by atoms with van der Waals surface area (Å²) in [4.78, 5) is 12.8. The summed E-state index contributed by atoms with van der Waals surface area (Å²) in [6.07, 6.45) is 0. The summed E-state index contributed by atoms with van der Waals surface area (Å²) in [5, 5.41) is 2.86. The lowest BCUT2D eigenvalue weighted by atomic mass is 10.1. The molecule has 1 amide bonds. The molecule has 2 aromatic rings. The maximum Gasteiger partial charge on any atom is 0.255 e. The fraction of sp³-hybridized carbons (Fsp3) is 0.316. The van der Waals surface area contributed by atoms with E-state index >= 15 is 0 Å². The van der Waals surface area contributed by atoms with Gasteiger partial charge >= 0.3 is 0 Å². The zero-order valence-corrected chi connectivity index (χ0v) is 17.4. The second kappa shape index (κ2) is 9.51. The summed E-state index contributed by atoms with van der Waals surface area (Å²) in [6, 6.07) is 8.65. The number of nitrogens with one attached hydrogen (secondary N) is 1. The summed E-state index contributed by atoms with van der Waals surface area (Å²) in [5.74, 6) is 2.08. The highest BCUT2D eigenvalue weighted by Gasteiger charge is 2.17. The molecule has 0 aliphatic heterocycles. The molecule has 6 nitrogen and oxygen atoms in total. The zero-order chi connectivity index (χ0) is 19.1. The van der Waals surface area contributed by atoms with E-state index < -0.39 is 0 Å². The van der Waals surface area contributed by atoms with Crippen LogP contribution in [-0.2, 0) is 0 Å². The number of rotatable bonds is 8. The van der Waals surface area contributed by atoms with Crippen molar-refractivity contribution in [2.75, 3.05) is 32.8 Å². The first-order valence-electron chi connectivity index (χ1n) is 8.16. The average Bonchev–Trinajstić information content (AvgIpc) is 2.64. The Balaban J connectivity index is 2.35. The molecule has 0 heterocycles. The van der Waals surface area contributed by atoms with E-state index in [4.69, 9.17) is 18.9 Å². The van der Waals surface area contributed by atoms with E-state index in [1.807, 2.05) is 13.8 Å². The molecule has 0 saturated carbocycles. The lowest BCUT2D eigenvalue weighted by Gasteiger charge is -2.15. The van der Waals surface area contributed by atoms with Crippen molar-refractivity contribution in [2.24, 2.45) is 0 Å². The minimum absolute atomic E-state index is 0.279. The minimum atomic E-state index is -0.279. The van der Waals surface area contributed by atoms with Gasteiger partial charge in [-0.05, 0) is 60.7 Å². The van der Waals surface area contributed by atoms with E-state index in [-0.39, 0.29) is 5.91 Å². The number of hydrogen-bond acceptors (Lipinski definition) is 5. The van der Waals surface area contributed by atoms with Gasteiger partial charge in [0.05, 0.1) is 36.7 Å². The normalized spacial score (nSPS) is 10.2. The summed E-state index contributed by atoms with van der Waals surface area (Å²) in [5.41, 5.74) is 0.991. The summed E-state index contributed by atoms with van der Waals surface area (Å²) in [6.45, 7) is 4.78. The van der Waals surface area contributed by atoms with E-state index in [0.29, 0.717) is 47.5 Å². The minimum Gasteiger partial charge on any atom is -0.497 e. The second-order valence-corrected chi connectivity index (χ2v) is 6.33. The van der Waals surface area contributed by atoms with Crippen LogP contribution in [-0.4, -0.2) is 33.3 Å². The molecule has 0 aromatic heterocycles. The Morgan fingerprint density at radius 3 is 2.35 bits per heavy atom. The number of hydrogen-bond donors (Lipinski definition) is 1. The van der Waals surface area contributed by atoms with Crippen molar-refractivity contribution in [2.45, 2.75) is 13.8 Å². The van der Waals surface area contributed by atoms with Crippen LogP contribution in [0.25, 0.3) is 0 Å². The molecule has 26 heavy (non-hydrogen) atoms. The van der Waals surface area contributed by atoms with Gasteiger partial charge in [0.1, 0.15) is 11.5 Å². The van der Waals surface area contributed by atoms with Gasteiger partial charge in [-0.2, -0.15) is 0 Å². The first-order valence-corrected chi connectivity index (χ1v) is 9.24. The highest BCUT2D eigenvalue weighted by atomic mass is 127. The molecule has 2 rings (SSSR count). The highest BCUT2D eigenvalue weighted by molar-refractivity contribution is 14.1. The summed E-state index contributed by atoms with van der Waals surface area (Å²) in [7, 11) is 3.11. The predicted molar refractivity (Wildman–Crippen MR) is 109 cm³/mol. The molecule has 0 atom stereocenters. The van der Waals surface area contributed by atoms with Crippen LogP contribution in [0.5, 0.6) is 23.0 Å². The maximum absolute atomic E-state index is 12.8. The highest BCUT2D eigenvalue weighted by Crippen LogP contribution is 2.35. The van der Waals surface area contributed by atoms with E-state index in [0.717, 1.165) is 3.57 Å². The van der Waals surface area contributed by atoms with Crippen molar-refractivity contribution < 1.29 is 23.7 Å². The van der Waals surface area contributed by atoms with Crippen molar-refractivity contribution in [3.05, 3.63) is 39.5 Å². The Morgan fingerprint density at radius 1 is 1.00 bits per heavy atom. The fourth-order valence-electron chi connectivity index (χ4n) is 2.35. The molecule has 2 aromatic carbocycles. The molecule has 0 radical (unpaired) electrons. The average molecular weight is 471 g/mol. The van der Waals surface area contributed by atoms with Gasteiger partial charge in [0.15, 0.2) is 11.5 Å². The molecule has 0 bridgehead atoms. The zero-order valence-electron chi connectivity index (χ0n) is 15.2. The van der Waals surface area contributed by atoms with Crippen LogP contribution in [0.1, 0.15) is 24.2 Å². The lowest BCUT2D eigenvalue weighted by molar-refractivity contribution is 0.102. The van der Waals surface area contributed by atoms with E-state index in [1.165, 1.54) is 0 Å². The number of ether oxygens (including phenoxy) is 4. The van der Waals surface area contributed by atoms with Gasteiger partial charge in [0.25, 0.3) is 5.91 Å². The Bertz CT molecular complexity index is 779. The topological polar surface area (TPSA) is 66.0 Å². The molecular formula is C19H22INO5. The van der Waals surface area contributed by atoms with Crippen molar-refractivity contribution in [3.63, 3.8) is 0 Å². The summed E-state index contributed by atoms with van der Waals surface area (Å²) < 4.78 is 22.6. The Morgan fingerprint density at radius 2 is 1.73 bits per heavy atom. The number of anilines is 1. The third-order valence-electron chi connectivity index (χ3n) is 3.52. The van der Waals surface area contributed by atoms with Crippen LogP contribution in [0, 0.1) is 3.57 Å². The third-order valence-corrected chi connectivity index (χ3v) is 4.32. The molecule has 7 heteroatoms. The fourth-order valence-corrected chi connectivity index (χ4v) is 3.11. The largest absolute Gasteiger partial charge is 0.497 e. The first kappa shape index (κ1) is 20.2. The molecule has 0 aliphatic rings. The number of carbonyl (C=O) groups is 1. The van der Waals surface area contributed by atoms with Crippen LogP contribution in [0.15, 0.2) is 30.3 Å². The van der Waals surface area contributed by atoms with Gasteiger partial charge in [-0.1, -0.05) is 0 Å². The van der Waals surface area contributed by atoms with Crippen LogP contribution < -0.4 is 24.3 Å². The lowest BCUT2D eigenvalue weighted by Crippen LogP contribution is -2.14. The monoisotopic (exact) mass is 471 g/mol. The van der Waals surface area contributed by atoms with Crippen molar-refractivity contribution in [3.8, 4) is 23.0 Å². The molecule has 140 valence electrons. The SMILES string of the molecule is CCOc1cc(C(=O)Nc2cc(OC)ccc2OC)cc(I)c1OCC. The van der Waals surface area contributed by atoms with Gasteiger partial charge < -0.3 is 24.3 Å². The number of methoxy groups -OCH3 is 2. The van der Waals surface area contributed by atoms with E-state index in [2.05, 4.69) is 27.9 Å². The van der Waals surface area contributed by atoms with Gasteiger partial charge in [-0.25, -0.2) is 0 Å². The number of amides is 1.